The topological polar surface area (TPSA) is 46.2 Å². The van der Waals surface area contributed by atoms with E-state index >= 15 is 0 Å². The van der Waals surface area contributed by atoms with Crippen LogP contribution >= 0.6 is 0 Å². The molecule has 0 saturated carbocycles. The fourth-order valence-electron chi connectivity index (χ4n) is 1.37. The molecule has 15 heavy (non-hydrogen) atoms. The SMILES string of the molecule is CNCCCS(=O)(=O)c1cccc(C)c1. The molecule has 1 aromatic rings. The maximum absolute atomic E-state index is 11.8. The van der Waals surface area contributed by atoms with Crippen molar-refractivity contribution < 1.29 is 8.42 Å². The van der Waals surface area contributed by atoms with Crippen LogP contribution in [0.3, 0.4) is 0 Å². The largest absolute Gasteiger partial charge is 0.320 e. The standard InChI is InChI=1S/C11H17NO2S/c1-10-5-3-6-11(9-10)15(13,14)8-4-7-12-2/h3,5-6,9,12H,4,7-8H2,1-2H3. The minimum atomic E-state index is -3.10. The normalized spacial score (nSPS) is 11.6. The Kier molecular flexibility index (Phi) is 4.29. The molecule has 1 rings (SSSR count). The summed E-state index contributed by atoms with van der Waals surface area (Å²) in [6.45, 7) is 2.62. The summed E-state index contributed by atoms with van der Waals surface area (Å²) in [5.74, 6) is 0.206. The monoisotopic (exact) mass is 227 g/mol. The first-order chi connectivity index (χ1) is 7.06. The van der Waals surface area contributed by atoms with Gasteiger partial charge in [0.05, 0.1) is 10.6 Å². The van der Waals surface area contributed by atoms with Crippen LogP contribution in [0.15, 0.2) is 29.2 Å². The van der Waals surface area contributed by atoms with E-state index in [0.717, 1.165) is 12.1 Å². The van der Waals surface area contributed by atoms with Gasteiger partial charge >= 0.3 is 0 Å². The van der Waals surface area contributed by atoms with E-state index in [1.54, 1.807) is 18.2 Å². The summed E-state index contributed by atoms with van der Waals surface area (Å²) < 4.78 is 23.7. The van der Waals surface area contributed by atoms with Crippen molar-refractivity contribution in [2.24, 2.45) is 0 Å². The van der Waals surface area contributed by atoms with Gasteiger partial charge in [0.1, 0.15) is 0 Å². The van der Waals surface area contributed by atoms with Crippen molar-refractivity contribution in [2.45, 2.75) is 18.2 Å². The second-order valence-corrected chi connectivity index (χ2v) is 5.70. The molecule has 1 aromatic carbocycles. The average Bonchev–Trinajstić information content (AvgIpc) is 2.18. The summed E-state index contributed by atoms with van der Waals surface area (Å²) in [6.07, 6.45) is 0.646. The zero-order chi connectivity index (χ0) is 11.3. The first-order valence-electron chi connectivity index (χ1n) is 5.00. The molecule has 0 saturated heterocycles. The fourth-order valence-corrected chi connectivity index (χ4v) is 2.78. The molecule has 0 atom stereocenters. The molecule has 0 bridgehead atoms. The van der Waals surface area contributed by atoms with Crippen molar-refractivity contribution in [3.8, 4) is 0 Å². The summed E-state index contributed by atoms with van der Waals surface area (Å²) >= 11 is 0. The lowest BCUT2D eigenvalue weighted by Gasteiger charge is -2.04. The van der Waals surface area contributed by atoms with Gasteiger partial charge in [0.15, 0.2) is 9.84 Å². The van der Waals surface area contributed by atoms with Crippen LogP contribution in [0, 0.1) is 6.92 Å². The minimum Gasteiger partial charge on any atom is -0.320 e. The van der Waals surface area contributed by atoms with Gasteiger partial charge in [0, 0.05) is 0 Å². The molecule has 3 nitrogen and oxygen atoms in total. The molecule has 0 heterocycles. The van der Waals surface area contributed by atoms with Crippen LogP contribution < -0.4 is 5.32 Å². The van der Waals surface area contributed by atoms with E-state index in [4.69, 9.17) is 0 Å². The Bertz CT molecular complexity index is 412. The van der Waals surface area contributed by atoms with Gasteiger partial charge in [-0.2, -0.15) is 0 Å². The van der Waals surface area contributed by atoms with Crippen LogP contribution in [0.2, 0.25) is 0 Å². The van der Waals surface area contributed by atoms with Gasteiger partial charge in [-0.1, -0.05) is 12.1 Å². The van der Waals surface area contributed by atoms with E-state index < -0.39 is 9.84 Å². The molecule has 84 valence electrons. The van der Waals surface area contributed by atoms with Crippen LogP contribution in [-0.4, -0.2) is 27.8 Å². The molecule has 0 radical (unpaired) electrons. The van der Waals surface area contributed by atoms with Gasteiger partial charge in [-0.15, -0.1) is 0 Å². The Morgan fingerprint density at radius 1 is 1.33 bits per heavy atom. The van der Waals surface area contributed by atoms with Crippen molar-refractivity contribution in [3.63, 3.8) is 0 Å². The van der Waals surface area contributed by atoms with Gasteiger partial charge in [-0.05, 0) is 44.6 Å². The number of benzene rings is 1. The third-order valence-corrected chi connectivity index (χ3v) is 3.99. The summed E-state index contributed by atoms with van der Waals surface area (Å²) in [7, 11) is -1.28. The minimum absolute atomic E-state index is 0.206. The third kappa shape index (κ3) is 3.64. The molecule has 0 aliphatic carbocycles. The smallest absolute Gasteiger partial charge is 0.178 e. The maximum atomic E-state index is 11.8. The molecule has 0 aliphatic heterocycles. The number of sulfone groups is 1. The number of aryl methyl sites for hydroxylation is 1. The first kappa shape index (κ1) is 12.2. The number of nitrogens with one attached hydrogen (secondary N) is 1. The van der Waals surface area contributed by atoms with Crippen molar-refractivity contribution in [2.75, 3.05) is 19.3 Å². The lowest BCUT2D eigenvalue weighted by Crippen LogP contribution is -2.14. The molecule has 0 unspecified atom stereocenters. The molecule has 0 amide bonds. The second-order valence-electron chi connectivity index (χ2n) is 3.59. The zero-order valence-corrected chi connectivity index (χ0v) is 9.97. The van der Waals surface area contributed by atoms with E-state index in [1.165, 1.54) is 0 Å². The Morgan fingerprint density at radius 3 is 2.67 bits per heavy atom. The summed E-state index contributed by atoms with van der Waals surface area (Å²) in [5, 5.41) is 2.94. The predicted octanol–water partition coefficient (Wildman–Crippen LogP) is 1.38. The van der Waals surface area contributed by atoms with Crippen LogP contribution in [0.5, 0.6) is 0 Å². The summed E-state index contributed by atoms with van der Waals surface area (Å²) in [6, 6.07) is 7.04. The summed E-state index contributed by atoms with van der Waals surface area (Å²) in [5.41, 5.74) is 0.977. The van der Waals surface area contributed by atoms with Crippen molar-refractivity contribution in [1.29, 1.82) is 0 Å². The lowest BCUT2D eigenvalue weighted by molar-refractivity contribution is 0.591. The predicted molar refractivity (Wildman–Crippen MR) is 61.8 cm³/mol. The van der Waals surface area contributed by atoms with Gasteiger partial charge in [-0.25, -0.2) is 8.42 Å². The number of hydrogen-bond acceptors (Lipinski definition) is 3. The van der Waals surface area contributed by atoms with Gasteiger partial charge in [0.25, 0.3) is 0 Å². The molecule has 0 spiro atoms. The van der Waals surface area contributed by atoms with E-state index in [-0.39, 0.29) is 5.75 Å². The third-order valence-electron chi connectivity index (χ3n) is 2.19. The molecule has 0 fully saturated rings. The molecule has 4 heteroatoms. The highest BCUT2D eigenvalue weighted by Gasteiger charge is 2.13. The second kappa shape index (κ2) is 5.28. The molecule has 0 aromatic heterocycles. The van der Waals surface area contributed by atoms with Gasteiger partial charge < -0.3 is 5.32 Å². The highest BCUT2D eigenvalue weighted by molar-refractivity contribution is 7.91. The van der Waals surface area contributed by atoms with E-state index in [9.17, 15) is 8.42 Å². The fraction of sp³-hybridized carbons (Fsp3) is 0.455. The van der Waals surface area contributed by atoms with E-state index in [2.05, 4.69) is 5.32 Å². The van der Waals surface area contributed by atoms with E-state index in [0.29, 0.717) is 11.3 Å². The highest BCUT2D eigenvalue weighted by Crippen LogP contribution is 2.13. The zero-order valence-electron chi connectivity index (χ0n) is 9.16. The van der Waals surface area contributed by atoms with Crippen molar-refractivity contribution in [1.82, 2.24) is 5.32 Å². The van der Waals surface area contributed by atoms with Crippen molar-refractivity contribution in [3.05, 3.63) is 29.8 Å². The van der Waals surface area contributed by atoms with Crippen molar-refractivity contribution >= 4 is 9.84 Å². The molecular weight excluding hydrogens is 210 g/mol. The van der Waals surface area contributed by atoms with E-state index in [1.807, 2.05) is 20.0 Å². The number of hydrogen-bond donors (Lipinski definition) is 1. The van der Waals surface area contributed by atoms with Crippen LogP contribution in [0.25, 0.3) is 0 Å². The molecule has 0 aliphatic rings. The van der Waals surface area contributed by atoms with Crippen LogP contribution in [0.1, 0.15) is 12.0 Å². The van der Waals surface area contributed by atoms with Crippen LogP contribution in [-0.2, 0) is 9.84 Å². The summed E-state index contributed by atoms with van der Waals surface area (Å²) in [4.78, 5) is 0.429. The highest BCUT2D eigenvalue weighted by atomic mass is 32.2. The molecule has 1 N–H and O–H groups in total. The Labute approximate surface area is 91.4 Å². The van der Waals surface area contributed by atoms with Gasteiger partial charge in [0.2, 0.25) is 0 Å². The molecular formula is C11H17NO2S. The Morgan fingerprint density at radius 2 is 2.07 bits per heavy atom. The first-order valence-corrected chi connectivity index (χ1v) is 6.65. The lowest BCUT2D eigenvalue weighted by atomic mass is 10.2. The average molecular weight is 227 g/mol. The maximum Gasteiger partial charge on any atom is 0.178 e. The van der Waals surface area contributed by atoms with Crippen LogP contribution in [0.4, 0.5) is 0 Å². The number of rotatable bonds is 5. The Balaban J connectivity index is 2.77. The van der Waals surface area contributed by atoms with Gasteiger partial charge in [-0.3, -0.25) is 0 Å². The quantitative estimate of drug-likeness (QED) is 0.773. The Hall–Kier alpha value is -0.870.